The van der Waals surface area contributed by atoms with E-state index in [1.807, 2.05) is 23.6 Å². The quantitative estimate of drug-likeness (QED) is 0.583. The molecule has 8 heteroatoms. The highest BCUT2D eigenvalue weighted by atomic mass is 16.5. The largest absolute Gasteiger partial charge is 0.465 e. The molecule has 8 nitrogen and oxygen atoms in total. The standard InChI is InChI=1S/C12H16N4O4/c1-15-5-6-16(2)10(15)8-7(11(17)19-3)9(14-13-8)12(18)20-4/h5-6H2,1-4H3/p+1. The summed E-state index contributed by atoms with van der Waals surface area (Å²) in [4.78, 5) is 25.6. The smallest absolute Gasteiger partial charge is 0.357 e. The van der Waals surface area contributed by atoms with Crippen LogP contribution in [0.25, 0.3) is 0 Å². The maximum atomic E-state index is 12.0. The predicted molar refractivity (Wildman–Crippen MR) is 69.1 cm³/mol. The molecule has 0 amide bonds. The Morgan fingerprint density at radius 2 is 1.95 bits per heavy atom. The molecule has 0 saturated heterocycles. The Hall–Kier alpha value is -2.38. The van der Waals surface area contributed by atoms with Crippen LogP contribution in [0.5, 0.6) is 0 Å². The molecular weight excluding hydrogens is 264 g/mol. The minimum atomic E-state index is -0.659. The van der Waals surface area contributed by atoms with Gasteiger partial charge in [-0.25, -0.2) is 9.59 Å². The number of aromatic amines is 1. The molecule has 1 N–H and O–H groups in total. The summed E-state index contributed by atoms with van der Waals surface area (Å²) in [6.07, 6.45) is 0. The van der Waals surface area contributed by atoms with Crippen molar-refractivity contribution in [1.29, 1.82) is 0 Å². The molecule has 1 aliphatic rings. The summed E-state index contributed by atoms with van der Waals surface area (Å²) >= 11 is 0. The predicted octanol–water partition coefficient (Wildman–Crippen LogP) is -0.683. The zero-order chi connectivity index (χ0) is 14.9. The van der Waals surface area contributed by atoms with Crippen molar-refractivity contribution in [3.05, 3.63) is 17.0 Å². The fraction of sp³-hybridized carbons (Fsp3) is 0.500. The summed E-state index contributed by atoms with van der Waals surface area (Å²) in [6, 6.07) is 0. The van der Waals surface area contributed by atoms with E-state index in [4.69, 9.17) is 4.74 Å². The van der Waals surface area contributed by atoms with Gasteiger partial charge in [0.15, 0.2) is 11.4 Å². The summed E-state index contributed by atoms with van der Waals surface area (Å²) < 4.78 is 11.4. The minimum absolute atomic E-state index is 0.00412. The Morgan fingerprint density at radius 1 is 1.30 bits per heavy atom. The van der Waals surface area contributed by atoms with Gasteiger partial charge in [-0.15, -0.1) is 0 Å². The molecule has 1 aromatic rings. The SMILES string of the molecule is COC(=O)c1[nH]nc(C2=[N+](C)CCN2C)c1C(=O)OC. The summed E-state index contributed by atoms with van der Waals surface area (Å²) in [5.41, 5.74) is 0.477. The lowest BCUT2D eigenvalue weighted by Crippen LogP contribution is -2.28. The van der Waals surface area contributed by atoms with Gasteiger partial charge in [-0.3, -0.25) is 14.6 Å². The third-order valence-corrected chi connectivity index (χ3v) is 3.25. The second-order valence-corrected chi connectivity index (χ2v) is 4.47. The van der Waals surface area contributed by atoms with Crippen molar-refractivity contribution < 1.29 is 23.6 Å². The first-order valence-corrected chi connectivity index (χ1v) is 6.05. The topological polar surface area (TPSA) is 87.5 Å². The molecule has 20 heavy (non-hydrogen) atoms. The number of esters is 2. The second kappa shape index (κ2) is 5.32. The van der Waals surface area contributed by atoms with E-state index in [1.165, 1.54) is 14.2 Å². The molecule has 2 heterocycles. The molecule has 0 saturated carbocycles. The Kier molecular flexibility index (Phi) is 3.73. The molecule has 0 radical (unpaired) electrons. The molecular formula is C12H17N4O4+. The van der Waals surface area contributed by atoms with Gasteiger partial charge in [0.25, 0.3) is 0 Å². The van der Waals surface area contributed by atoms with Crippen LogP contribution in [0.3, 0.4) is 0 Å². The van der Waals surface area contributed by atoms with Crippen LogP contribution in [0.1, 0.15) is 26.5 Å². The van der Waals surface area contributed by atoms with Crippen molar-refractivity contribution in [3.8, 4) is 0 Å². The highest BCUT2D eigenvalue weighted by Gasteiger charge is 2.36. The van der Waals surface area contributed by atoms with Crippen molar-refractivity contribution in [3.63, 3.8) is 0 Å². The number of hydrogen-bond acceptors (Lipinski definition) is 6. The number of hydrogen-bond donors (Lipinski definition) is 1. The van der Waals surface area contributed by atoms with Gasteiger partial charge in [0.2, 0.25) is 0 Å². The van der Waals surface area contributed by atoms with Gasteiger partial charge in [0.05, 0.1) is 28.3 Å². The van der Waals surface area contributed by atoms with Crippen LogP contribution in [0.15, 0.2) is 0 Å². The van der Waals surface area contributed by atoms with Gasteiger partial charge in [0, 0.05) is 0 Å². The van der Waals surface area contributed by atoms with Crippen molar-refractivity contribution in [2.75, 3.05) is 41.4 Å². The number of ether oxygens (including phenoxy) is 2. The number of aromatic nitrogens is 2. The van der Waals surface area contributed by atoms with Crippen LogP contribution in [0.2, 0.25) is 0 Å². The summed E-state index contributed by atoms with van der Waals surface area (Å²) in [7, 11) is 6.29. The van der Waals surface area contributed by atoms with Gasteiger partial charge in [0.1, 0.15) is 18.7 Å². The second-order valence-electron chi connectivity index (χ2n) is 4.47. The van der Waals surface area contributed by atoms with Crippen LogP contribution in [-0.4, -0.2) is 78.9 Å². The molecule has 0 unspecified atom stereocenters. The number of likely N-dealkylation sites (N-methyl/N-ethyl adjacent to an activating group) is 2. The molecule has 2 rings (SSSR count). The summed E-state index contributed by atoms with van der Waals surface area (Å²) in [6.45, 7) is 1.62. The Balaban J connectivity index is 2.60. The average molecular weight is 281 g/mol. The Labute approximate surface area is 116 Å². The summed E-state index contributed by atoms with van der Waals surface area (Å²) in [5, 5.41) is 6.65. The van der Waals surface area contributed by atoms with Crippen LogP contribution in [-0.2, 0) is 9.47 Å². The number of carbonyl (C=O) groups is 2. The van der Waals surface area contributed by atoms with E-state index in [0.29, 0.717) is 5.69 Å². The minimum Gasteiger partial charge on any atom is -0.465 e. The number of methoxy groups -OCH3 is 2. The number of amidine groups is 1. The first-order chi connectivity index (χ1) is 9.51. The number of carbonyl (C=O) groups excluding carboxylic acids is 2. The summed E-state index contributed by atoms with van der Waals surface area (Å²) in [5.74, 6) is -0.528. The molecule has 0 aliphatic carbocycles. The van der Waals surface area contributed by atoms with E-state index in [2.05, 4.69) is 14.9 Å². The van der Waals surface area contributed by atoms with Crippen molar-refractivity contribution in [1.82, 2.24) is 15.1 Å². The maximum Gasteiger partial charge on any atom is 0.357 e. The molecule has 0 fully saturated rings. The zero-order valence-electron chi connectivity index (χ0n) is 11.9. The number of H-pyrrole nitrogens is 1. The van der Waals surface area contributed by atoms with Crippen LogP contribution in [0, 0.1) is 0 Å². The number of rotatable bonds is 3. The highest BCUT2D eigenvalue weighted by Crippen LogP contribution is 2.17. The fourth-order valence-corrected chi connectivity index (χ4v) is 2.22. The molecule has 0 aromatic carbocycles. The Morgan fingerprint density at radius 3 is 2.45 bits per heavy atom. The van der Waals surface area contributed by atoms with E-state index in [-0.39, 0.29) is 11.3 Å². The van der Waals surface area contributed by atoms with Crippen LogP contribution >= 0.6 is 0 Å². The average Bonchev–Trinajstić information content (AvgIpc) is 3.00. The molecule has 0 bridgehead atoms. The van der Waals surface area contributed by atoms with E-state index >= 15 is 0 Å². The Bertz CT molecular complexity index is 590. The van der Waals surface area contributed by atoms with E-state index in [1.54, 1.807) is 0 Å². The van der Waals surface area contributed by atoms with Gasteiger partial charge in [-0.05, 0) is 0 Å². The molecule has 1 aliphatic heterocycles. The van der Waals surface area contributed by atoms with Gasteiger partial charge in [-0.1, -0.05) is 0 Å². The monoisotopic (exact) mass is 281 g/mol. The normalized spacial score (nSPS) is 14.7. The van der Waals surface area contributed by atoms with Crippen LogP contribution < -0.4 is 0 Å². The lowest BCUT2D eigenvalue weighted by Gasteiger charge is -2.06. The van der Waals surface area contributed by atoms with Crippen LogP contribution in [0.4, 0.5) is 0 Å². The third kappa shape index (κ3) is 2.13. The van der Waals surface area contributed by atoms with Crippen molar-refractivity contribution in [2.45, 2.75) is 0 Å². The first-order valence-electron chi connectivity index (χ1n) is 6.05. The van der Waals surface area contributed by atoms with Crippen molar-refractivity contribution >= 4 is 17.8 Å². The first kappa shape index (κ1) is 14.0. The number of nitrogens with zero attached hydrogens (tertiary/aromatic N) is 3. The van der Waals surface area contributed by atoms with E-state index in [9.17, 15) is 9.59 Å². The van der Waals surface area contributed by atoms with E-state index in [0.717, 1.165) is 18.9 Å². The van der Waals surface area contributed by atoms with E-state index < -0.39 is 11.9 Å². The van der Waals surface area contributed by atoms with Gasteiger partial charge in [-0.2, -0.15) is 5.10 Å². The molecule has 108 valence electrons. The number of nitrogens with one attached hydrogen (secondary N) is 1. The highest BCUT2D eigenvalue weighted by molar-refractivity contribution is 6.10. The van der Waals surface area contributed by atoms with Gasteiger partial charge < -0.3 is 9.47 Å². The molecule has 0 spiro atoms. The zero-order valence-corrected chi connectivity index (χ0v) is 11.9. The van der Waals surface area contributed by atoms with Crippen molar-refractivity contribution in [2.24, 2.45) is 0 Å². The molecule has 1 aromatic heterocycles. The fourth-order valence-electron chi connectivity index (χ4n) is 2.22. The lowest BCUT2D eigenvalue weighted by atomic mass is 10.1. The van der Waals surface area contributed by atoms with Gasteiger partial charge >= 0.3 is 17.8 Å². The lowest BCUT2D eigenvalue weighted by molar-refractivity contribution is -0.486. The maximum absolute atomic E-state index is 12.0. The third-order valence-electron chi connectivity index (χ3n) is 3.25. The molecule has 0 atom stereocenters.